The Labute approximate surface area is 97.1 Å². The van der Waals surface area contributed by atoms with Crippen LogP contribution in [0.4, 0.5) is 0 Å². The number of hydrogen-bond donors (Lipinski definition) is 0. The largest absolute Gasteiger partial charge is 0.465 e. The fourth-order valence-electron chi connectivity index (χ4n) is 1.45. The number of thiocyanates is 1. The van der Waals surface area contributed by atoms with Gasteiger partial charge in [0.05, 0.1) is 24.7 Å². The second-order valence-corrected chi connectivity index (χ2v) is 4.25. The zero-order valence-electron chi connectivity index (χ0n) is 8.60. The van der Waals surface area contributed by atoms with E-state index in [9.17, 15) is 14.4 Å². The van der Waals surface area contributed by atoms with Crippen LogP contribution in [0.25, 0.3) is 0 Å². The molecule has 0 saturated carbocycles. The van der Waals surface area contributed by atoms with Gasteiger partial charge in [-0.25, -0.2) is 0 Å². The van der Waals surface area contributed by atoms with Crippen molar-refractivity contribution in [2.75, 3.05) is 12.4 Å². The number of nitrogens with zero attached hydrogens (tertiary/aromatic N) is 1. The van der Waals surface area contributed by atoms with Crippen molar-refractivity contribution < 1.29 is 19.1 Å². The maximum Gasteiger partial charge on any atom is 0.309 e. The molecule has 0 aromatic carbocycles. The predicted octanol–water partition coefficient (Wildman–Crippen LogP) is 0.682. The van der Waals surface area contributed by atoms with E-state index in [2.05, 4.69) is 0 Å². The van der Waals surface area contributed by atoms with Crippen molar-refractivity contribution in [1.29, 1.82) is 5.26 Å². The Balaban J connectivity index is 2.28. The standard InChI is InChI=1S/C10H11NO4S/c11-6-16-5-9(13)4-8(12)3-7-1-2-15-10(7)14/h7H,1-5H2. The minimum Gasteiger partial charge on any atom is -0.465 e. The summed E-state index contributed by atoms with van der Waals surface area (Å²) in [5.74, 6) is -1.25. The predicted molar refractivity (Wildman–Crippen MR) is 56.4 cm³/mol. The Hall–Kier alpha value is -1.35. The maximum absolute atomic E-state index is 11.4. The fourth-order valence-corrected chi connectivity index (χ4v) is 1.78. The third-order valence-electron chi connectivity index (χ3n) is 2.21. The lowest BCUT2D eigenvalue weighted by atomic mass is 9.99. The normalized spacial score (nSPS) is 18.9. The number of esters is 1. The molecule has 0 N–H and O–H groups in total. The van der Waals surface area contributed by atoms with Gasteiger partial charge in [-0.3, -0.25) is 14.4 Å². The van der Waals surface area contributed by atoms with Crippen LogP contribution in [0.1, 0.15) is 19.3 Å². The van der Waals surface area contributed by atoms with Gasteiger partial charge in [-0.15, -0.1) is 0 Å². The summed E-state index contributed by atoms with van der Waals surface area (Å²) in [6.07, 6.45) is 0.423. The first kappa shape index (κ1) is 12.7. The molecule has 1 aliphatic rings. The molecule has 0 bridgehead atoms. The molecule has 6 heteroatoms. The molecule has 86 valence electrons. The van der Waals surface area contributed by atoms with E-state index in [4.69, 9.17) is 10.00 Å². The zero-order valence-corrected chi connectivity index (χ0v) is 9.42. The second-order valence-electron chi connectivity index (χ2n) is 3.49. The van der Waals surface area contributed by atoms with Crippen LogP contribution in [-0.2, 0) is 19.1 Å². The molecule has 16 heavy (non-hydrogen) atoms. The molecule has 1 atom stereocenters. The van der Waals surface area contributed by atoms with Crippen molar-refractivity contribution in [2.45, 2.75) is 19.3 Å². The van der Waals surface area contributed by atoms with E-state index < -0.39 is 0 Å². The first-order valence-corrected chi connectivity index (χ1v) is 5.83. The number of carbonyl (C=O) groups is 3. The van der Waals surface area contributed by atoms with Crippen LogP contribution in [0, 0.1) is 16.6 Å². The Morgan fingerprint density at radius 2 is 2.25 bits per heavy atom. The fraction of sp³-hybridized carbons (Fsp3) is 0.600. The van der Waals surface area contributed by atoms with Gasteiger partial charge in [0.1, 0.15) is 11.2 Å². The summed E-state index contributed by atoms with van der Waals surface area (Å²) in [4.78, 5) is 33.6. The van der Waals surface area contributed by atoms with Crippen molar-refractivity contribution in [2.24, 2.45) is 5.92 Å². The Morgan fingerprint density at radius 3 is 2.81 bits per heavy atom. The molecular formula is C10H11NO4S. The second kappa shape index (κ2) is 6.28. The molecule has 1 unspecified atom stereocenters. The third-order valence-corrected chi connectivity index (χ3v) is 2.81. The molecule has 1 fully saturated rings. The first-order chi connectivity index (χ1) is 7.63. The quantitative estimate of drug-likeness (QED) is 0.386. The smallest absolute Gasteiger partial charge is 0.309 e. The number of ketones is 2. The number of carbonyl (C=O) groups excluding carboxylic acids is 3. The van der Waals surface area contributed by atoms with Crippen molar-refractivity contribution in [3.05, 3.63) is 0 Å². The first-order valence-electron chi connectivity index (χ1n) is 4.84. The number of ether oxygens (including phenoxy) is 1. The summed E-state index contributed by atoms with van der Waals surface area (Å²) in [6.45, 7) is 0.356. The Bertz CT molecular complexity index is 347. The summed E-state index contributed by atoms with van der Waals surface area (Å²) < 4.78 is 4.71. The summed E-state index contributed by atoms with van der Waals surface area (Å²) in [6, 6.07) is 0. The minimum absolute atomic E-state index is 0.0252. The van der Waals surface area contributed by atoms with E-state index in [1.165, 1.54) is 0 Å². The van der Waals surface area contributed by atoms with Crippen LogP contribution >= 0.6 is 11.8 Å². The number of rotatable bonds is 6. The highest BCUT2D eigenvalue weighted by Gasteiger charge is 2.28. The van der Waals surface area contributed by atoms with Gasteiger partial charge in [-0.1, -0.05) is 0 Å². The molecule has 1 saturated heterocycles. The van der Waals surface area contributed by atoms with Gasteiger partial charge in [0.15, 0.2) is 5.78 Å². The van der Waals surface area contributed by atoms with Crippen LogP contribution in [0.15, 0.2) is 0 Å². The molecule has 0 aromatic rings. The molecule has 0 aromatic heterocycles. The van der Waals surface area contributed by atoms with Gasteiger partial charge in [0.25, 0.3) is 0 Å². The molecule has 0 aliphatic carbocycles. The van der Waals surface area contributed by atoms with E-state index in [1.54, 1.807) is 5.40 Å². The van der Waals surface area contributed by atoms with Crippen LogP contribution < -0.4 is 0 Å². The van der Waals surface area contributed by atoms with Crippen LogP contribution in [0.5, 0.6) is 0 Å². The summed E-state index contributed by atoms with van der Waals surface area (Å²) in [5, 5.41) is 9.99. The van der Waals surface area contributed by atoms with Gasteiger partial charge in [0.2, 0.25) is 0 Å². The molecule has 0 spiro atoms. The van der Waals surface area contributed by atoms with E-state index in [0.717, 1.165) is 11.8 Å². The van der Waals surface area contributed by atoms with Crippen LogP contribution in [-0.4, -0.2) is 29.9 Å². The number of Topliss-reactive ketones (excluding diaryl/α,β-unsaturated/α-hetero) is 2. The van der Waals surface area contributed by atoms with Gasteiger partial charge in [0, 0.05) is 6.42 Å². The van der Waals surface area contributed by atoms with Crippen molar-refractivity contribution in [3.63, 3.8) is 0 Å². The number of hydrogen-bond acceptors (Lipinski definition) is 6. The molecular weight excluding hydrogens is 230 g/mol. The van der Waals surface area contributed by atoms with Crippen LogP contribution in [0.2, 0.25) is 0 Å². The van der Waals surface area contributed by atoms with Gasteiger partial charge < -0.3 is 4.74 Å². The summed E-state index contributed by atoms with van der Waals surface area (Å²) in [5.41, 5.74) is 0. The van der Waals surface area contributed by atoms with Gasteiger partial charge in [-0.05, 0) is 18.2 Å². The Kier molecular flexibility index (Phi) is 4.99. The third kappa shape index (κ3) is 4.03. The van der Waals surface area contributed by atoms with Crippen molar-refractivity contribution >= 4 is 29.3 Å². The highest BCUT2D eigenvalue weighted by Crippen LogP contribution is 2.19. The average molecular weight is 241 g/mol. The summed E-state index contributed by atoms with van der Waals surface area (Å²) in [7, 11) is 0. The molecule has 1 aliphatic heterocycles. The van der Waals surface area contributed by atoms with E-state index >= 15 is 0 Å². The highest BCUT2D eigenvalue weighted by molar-refractivity contribution is 8.04. The number of cyclic esters (lactones) is 1. The lowest BCUT2D eigenvalue weighted by Crippen LogP contribution is -2.16. The highest BCUT2D eigenvalue weighted by atomic mass is 32.2. The molecule has 1 rings (SSSR count). The topological polar surface area (TPSA) is 84.2 Å². The zero-order chi connectivity index (χ0) is 12.0. The number of nitriles is 1. The van der Waals surface area contributed by atoms with E-state index in [-0.39, 0.29) is 42.0 Å². The van der Waals surface area contributed by atoms with E-state index in [0.29, 0.717) is 13.0 Å². The minimum atomic E-state index is -0.385. The van der Waals surface area contributed by atoms with Gasteiger partial charge >= 0.3 is 5.97 Å². The Morgan fingerprint density at radius 1 is 1.50 bits per heavy atom. The van der Waals surface area contributed by atoms with Crippen molar-refractivity contribution in [1.82, 2.24) is 0 Å². The maximum atomic E-state index is 11.4. The van der Waals surface area contributed by atoms with Crippen molar-refractivity contribution in [3.8, 4) is 5.40 Å². The summed E-state index contributed by atoms with van der Waals surface area (Å²) >= 11 is 0.814. The monoisotopic (exact) mass is 241 g/mol. The molecule has 0 radical (unpaired) electrons. The number of thioether (sulfide) groups is 1. The average Bonchev–Trinajstić information content (AvgIpc) is 2.61. The van der Waals surface area contributed by atoms with E-state index in [1.807, 2.05) is 0 Å². The van der Waals surface area contributed by atoms with Gasteiger partial charge in [-0.2, -0.15) is 5.26 Å². The molecule has 1 heterocycles. The lowest BCUT2D eigenvalue weighted by molar-refractivity contribution is -0.143. The SMILES string of the molecule is N#CSCC(=O)CC(=O)CC1CCOC1=O. The molecule has 5 nitrogen and oxygen atoms in total. The lowest BCUT2D eigenvalue weighted by Gasteiger charge is -2.03. The van der Waals surface area contributed by atoms with Crippen LogP contribution in [0.3, 0.4) is 0 Å². The molecule has 0 amide bonds.